The van der Waals surface area contributed by atoms with Gasteiger partial charge in [-0.3, -0.25) is 14.8 Å². The van der Waals surface area contributed by atoms with Crippen LogP contribution in [-0.4, -0.2) is 135 Å². The van der Waals surface area contributed by atoms with Gasteiger partial charge in [-0.1, -0.05) is 6.92 Å². The summed E-state index contributed by atoms with van der Waals surface area (Å²) in [5.74, 6) is -1.13. The summed E-state index contributed by atoms with van der Waals surface area (Å²) in [6.07, 6.45) is 7.48. The van der Waals surface area contributed by atoms with Crippen molar-refractivity contribution in [1.82, 2.24) is 30.2 Å². The van der Waals surface area contributed by atoms with Gasteiger partial charge in [0, 0.05) is 119 Å². The maximum absolute atomic E-state index is 15.2. The van der Waals surface area contributed by atoms with Crippen LogP contribution in [0.5, 0.6) is 0 Å². The van der Waals surface area contributed by atoms with E-state index in [-0.39, 0.29) is 28.2 Å². The molecule has 8 heterocycles. The number of ether oxygens (including phenoxy) is 2. The Morgan fingerprint density at radius 1 is 0.643 bits per heavy atom. The Kier molecular flexibility index (Phi) is 14.7. The van der Waals surface area contributed by atoms with Crippen LogP contribution in [-0.2, 0) is 14.3 Å². The van der Waals surface area contributed by atoms with Crippen LogP contribution in [0.3, 0.4) is 0 Å². The molecule has 2 atom stereocenters. The van der Waals surface area contributed by atoms with E-state index in [2.05, 4.69) is 57.4 Å². The Hall–Kier alpha value is -6.57. The second kappa shape index (κ2) is 21.2. The van der Waals surface area contributed by atoms with Crippen molar-refractivity contribution in [2.75, 3.05) is 122 Å². The number of fused-ring (bicyclic) bond motifs is 2. The smallest absolute Gasteiger partial charge is 0.222 e. The fraction of sp³-hybridized carbons (Fsp3) is 0.431. The molecule has 4 aromatic heterocycles. The van der Waals surface area contributed by atoms with E-state index in [1.165, 1.54) is 12.1 Å². The van der Waals surface area contributed by atoms with Crippen molar-refractivity contribution in [3.63, 3.8) is 0 Å². The number of rotatable bonds is 9. The number of benzene rings is 2. The van der Waals surface area contributed by atoms with E-state index in [1.807, 2.05) is 50.9 Å². The molecule has 0 aliphatic carbocycles. The van der Waals surface area contributed by atoms with Gasteiger partial charge in [0.05, 0.1) is 107 Å². The Balaban J connectivity index is 0.000000175. The average Bonchev–Trinajstić information content (AvgIpc) is 3.36. The first-order valence-corrected chi connectivity index (χ1v) is 24.1. The molecule has 70 heavy (non-hydrogen) atoms. The van der Waals surface area contributed by atoms with E-state index < -0.39 is 23.3 Å². The standard InChI is InChI=1S/C27H32F2N6O2.C24H28F2N6O/c1-4-24(36)35-6-5-34(16-17(35)2)27-18(3)26(25-22(29)11-19(28)12-23(25)32-27)31-20-13-21(15-30-14-20)33-7-9-37-10-8-33;1-15-14-32(4-3-28-15)24-16(2)23(22-20(26)9-17(25)10-21(22)30-24)29-18-11-19(13-27-12-18)31-5-7-33-8-6-31/h11-15,17H,4-10,16H2,1-3H3,(H,31,32);9-13,15,28H,3-8,14H2,1-2H3,(H,29,30)/t17-;15-/m00/s1. The van der Waals surface area contributed by atoms with Crippen molar-refractivity contribution in [2.45, 2.75) is 53.1 Å². The quantitative estimate of drug-likeness (QED) is 0.121. The highest BCUT2D eigenvalue weighted by Gasteiger charge is 2.30. The number of morpholine rings is 2. The number of nitrogens with one attached hydrogen (secondary N) is 3. The normalized spacial score (nSPS) is 18.8. The van der Waals surface area contributed by atoms with Gasteiger partial charge in [-0.15, -0.1) is 0 Å². The minimum Gasteiger partial charge on any atom is -0.378 e. The van der Waals surface area contributed by atoms with Crippen molar-refractivity contribution in [1.29, 1.82) is 0 Å². The minimum absolute atomic E-state index is 0.00634. The van der Waals surface area contributed by atoms with Gasteiger partial charge in [-0.25, -0.2) is 27.5 Å². The first-order valence-electron chi connectivity index (χ1n) is 24.1. The second-order valence-electron chi connectivity index (χ2n) is 18.3. The molecule has 0 unspecified atom stereocenters. The van der Waals surface area contributed by atoms with Crippen LogP contribution >= 0.6 is 0 Å². The van der Waals surface area contributed by atoms with Crippen molar-refractivity contribution in [2.24, 2.45) is 0 Å². The fourth-order valence-corrected chi connectivity index (χ4v) is 9.83. The van der Waals surface area contributed by atoms with E-state index in [9.17, 15) is 13.6 Å². The number of aromatic nitrogens is 4. The summed E-state index contributed by atoms with van der Waals surface area (Å²) in [5, 5.41) is 10.7. The SMILES string of the molecule is CCC(=O)N1CCN(c2nc3cc(F)cc(F)c3c(Nc3cncc(N4CCOCC4)c3)c2C)C[C@@H]1C.Cc1c(N2CCN[C@@H](C)C2)nc2cc(F)cc(F)c2c1Nc1cncc(N2CCOCC2)c1. The number of anilines is 8. The maximum Gasteiger partial charge on any atom is 0.222 e. The molecule has 10 rings (SSSR count). The van der Waals surface area contributed by atoms with E-state index in [0.717, 1.165) is 92.0 Å². The predicted molar refractivity (Wildman–Crippen MR) is 267 cm³/mol. The summed E-state index contributed by atoms with van der Waals surface area (Å²) >= 11 is 0. The minimum atomic E-state index is -0.680. The molecule has 1 amide bonds. The molecule has 4 aliphatic rings. The summed E-state index contributed by atoms with van der Waals surface area (Å²) in [4.78, 5) is 41.0. The molecular formula is C51H60F4N12O3. The predicted octanol–water partition coefficient (Wildman–Crippen LogP) is 7.84. The van der Waals surface area contributed by atoms with Crippen LogP contribution in [0, 0.1) is 37.1 Å². The lowest BCUT2D eigenvalue weighted by Gasteiger charge is -2.41. The molecule has 15 nitrogen and oxygen atoms in total. The molecule has 0 saturated carbocycles. The fourth-order valence-electron chi connectivity index (χ4n) is 9.83. The zero-order chi connectivity index (χ0) is 49.1. The largest absolute Gasteiger partial charge is 0.378 e. The Morgan fingerprint density at radius 3 is 1.59 bits per heavy atom. The lowest BCUT2D eigenvalue weighted by Crippen LogP contribution is -2.54. The Bertz CT molecular complexity index is 2860. The van der Waals surface area contributed by atoms with Gasteiger partial charge >= 0.3 is 0 Å². The van der Waals surface area contributed by atoms with Gasteiger partial charge in [-0.2, -0.15) is 0 Å². The number of carbonyl (C=O) groups is 1. The highest BCUT2D eigenvalue weighted by molar-refractivity contribution is 5.99. The van der Waals surface area contributed by atoms with Crippen LogP contribution in [0.15, 0.2) is 61.2 Å². The van der Waals surface area contributed by atoms with E-state index in [1.54, 1.807) is 18.6 Å². The number of nitrogens with zero attached hydrogens (tertiary/aromatic N) is 9. The number of amides is 1. The zero-order valence-electron chi connectivity index (χ0n) is 40.3. The molecule has 0 spiro atoms. The average molecular weight is 965 g/mol. The summed E-state index contributed by atoms with van der Waals surface area (Å²) in [5.41, 5.74) is 6.55. The second-order valence-corrected chi connectivity index (χ2v) is 18.3. The van der Waals surface area contributed by atoms with Crippen LogP contribution in [0.1, 0.15) is 38.3 Å². The number of hydrogen-bond donors (Lipinski definition) is 3. The van der Waals surface area contributed by atoms with Gasteiger partial charge in [0.2, 0.25) is 5.91 Å². The third-order valence-corrected chi connectivity index (χ3v) is 13.4. The molecule has 0 bridgehead atoms. The molecule has 4 fully saturated rings. The van der Waals surface area contributed by atoms with Gasteiger partial charge in [-0.05, 0) is 39.8 Å². The van der Waals surface area contributed by atoms with E-state index in [4.69, 9.17) is 14.5 Å². The molecule has 3 N–H and O–H groups in total. The topological polar surface area (TPSA) is 139 Å². The van der Waals surface area contributed by atoms with E-state index in [0.29, 0.717) is 86.9 Å². The number of carbonyl (C=O) groups excluding carboxylic acids is 1. The van der Waals surface area contributed by atoms with Crippen molar-refractivity contribution in [3.8, 4) is 0 Å². The van der Waals surface area contributed by atoms with Gasteiger partial charge in [0.25, 0.3) is 0 Å². The van der Waals surface area contributed by atoms with Crippen molar-refractivity contribution < 1.29 is 31.8 Å². The van der Waals surface area contributed by atoms with Crippen LogP contribution in [0.4, 0.5) is 63.3 Å². The molecule has 2 aromatic carbocycles. The van der Waals surface area contributed by atoms with Gasteiger partial charge in [0.15, 0.2) is 0 Å². The van der Waals surface area contributed by atoms with Crippen LogP contribution in [0.25, 0.3) is 21.8 Å². The lowest BCUT2D eigenvalue weighted by molar-refractivity contribution is -0.133. The van der Waals surface area contributed by atoms with Gasteiger partial charge in [0.1, 0.15) is 34.9 Å². The Labute approximate surface area is 405 Å². The summed E-state index contributed by atoms with van der Waals surface area (Å²) in [6, 6.07) is 8.60. The number of halogens is 4. The molecule has 370 valence electrons. The summed E-state index contributed by atoms with van der Waals surface area (Å²) in [6.45, 7) is 19.7. The number of piperazine rings is 2. The lowest BCUT2D eigenvalue weighted by atomic mass is 10.1. The number of pyridine rings is 4. The molecular weight excluding hydrogens is 905 g/mol. The summed E-state index contributed by atoms with van der Waals surface area (Å²) < 4.78 is 69.4. The molecule has 19 heteroatoms. The van der Waals surface area contributed by atoms with Crippen molar-refractivity contribution in [3.05, 3.63) is 95.6 Å². The Morgan fingerprint density at radius 2 is 1.13 bits per heavy atom. The zero-order valence-corrected chi connectivity index (χ0v) is 40.3. The first kappa shape index (κ1) is 48.5. The van der Waals surface area contributed by atoms with Gasteiger partial charge < -0.3 is 49.9 Å². The first-order chi connectivity index (χ1) is 33.8. The highest BCUT2D eigenvalue weighted by atomic mass is 19.1. The molecule has 0 radical (unpaired) electrons. The third-order valence-electron chi connectivity index (χ3n) is 13.4. The molecule has 4 aliphatic heterocycles. The van der Waals surface area contributed by atoms with Crippen LogP contribution in [0.2, 0.25) is 0 Å². The summed E-state index contributed by atoms with van der Waals surface area (Å²) in [7, 11) is 0. The maximum atomic E-state index is 15.2. The third kappa shape index (κ3) is 10.5. The number of hydrogen-bond acceptors (Lipinski definition) is 14. The van der Waals surface area contributed by atoms with Crippen molar-refractivity contribution >= 4 is 73.5 Å². The molecule has 6 aromatic rings. The van der Waals surface area contributed by atoms with E-state index >= 15 is 8.78 Å². The molecule has 4 saturated heterocycles. The van der Waals surface area contributed by atoms with Crippen LogP contribution < -0.4 is 35.6 Å². The monoisotopic (exact) mass is 964 g/mol. The highest BCUT2D eigenvalue weighted by Crippen LogP contribution is 2.39.